The van der Waals surface area contributed by atoms with E-state index < -0.39 is 0 Å². The number of benzene rings is 1. The predicted octanol–water partition coefficient (Wildman–Crippen LogP) is 5.93. The molecule has 0 spiro atoms. The molecule has 1 saturated carbocycles. The fraction of sp³-hybridized carbons (Fsp3) is 0.286. The molecule has 0 amide bonds. The number of rotatable bonds is 6. The molecule has 1 aromatic carbocycles. The summed E-state index contributed by atoms with van der Waals surface area (Å²) in [5, 5.41) is 4.30. The molecule has 0 radical (unpaired) electrons. The number of halogens is 1. The van der Waals surface area contributed by atoms with Gasteiger partial charge in [-0.25, -0.2) is 0 Å². The Labute approximate surface area is 158 Å². The van der Waals surface area contributed by atoms with Crippen LogP contribution >= 0.6 is 22.9 Å². The summed E-state index contributed by atoms with van der Waals surface area (Å²) in [6.07, 6.45) is 7.54. The summed E-state index contributed by atoms with van der Waals surface area (Å²) >= 11 is 7.91. The highest BCUT2D eigenvalue weighted by molar-refractivity contribution is 7.14. The molecule has 2 heterocycles. The lowest BCUT2D eigenvalue weighted by Gasteiger charge is -2.46. The Hall–Kier alpha value is -1.84. The second-order valence-corrected chi connectivity index (χ2v) is 8.17. The molecule has 0 atom stereocenters. The smallest absolute Gasteiger partial charge is 0.0911 e. The second kappa shape index (κ2) is 7.19. The molecule has 2 nitrogen and oxygen atoms in total. The molecule has 1 aliphatic rings. The first-order chi connectivity index (χ1) is 12.3. The zero-order valence-corrected chi connectivity index (χ0v) is 15.6. The van der Waals surface area contributed by atoms with Crippen molar-refractivity contribution >= 4 is 27.9 Å². The summed E-state index contributed by atoms with van der Waals surface area (Å²) < 4.78 is 0. The molecule has 0 saturated heterocycles. The zero-order chi connectivity index (χ0) is 17.1. The number of nitrogens with zero attached hydrogens (tertiary/aromatic N) is 2. The van der Waals surface area contributed by atoms with Crippen LogP contribution in [0, 0.1) is 0 Å². The maximum absolute atomic E-state index is 6.10. The Kier molecular flexibility index (Phi) is 4.78. The van der Waals surface area contributed by atoms with Crippen LogP contribution in [0.5, 0.6) is 0 Å². The molecule has 1 aliphatic carbocycles. The molecular formula is C21H21ClN2S. The standard InChI is InChI=1S/C21H21ClN2S/c22-19-6-4-18(5-7-19)21(10-2-11-21)16-24(20-3-1-14-25-20)15-17-8-12-23-13-9-17/h1,3-9,12-14H,2,10-11,15-16H2. The molecule has 25 heavy (non-hydrogen) atoms. The van der Waals surface area contributed by atoms with Gasteiger partial charge in [0.1, 0.15) is 0 Å². The van der Waals surface area contributed by atoms with Gasteiger partial charge in [-0.1, -0.05) is 30.2 Å². The highest BCUT2D eigenvalue weighted by Crippen LogP contribution is 2.45. The van der Waals surface area contributed by atoms with Crippen molar-refractivity contribution in [2.75, 3.05) is 11.4 Å². The summed E-state index contributed by atoms with van der Waals surface area (Å²) in [6, 6.07) is 17.0. The van der Waals surface area contributed by atoms with Crippen molar-refractivity contribution in [3.05, 3.63) is 82.5 Å². The third-order valence-corrected chi connectivity index (χ3v) is 6.38. The van der Waals surface area contributed by atoms with Crippen molar-refractivity contribution in [3.63, 3.8) is 0 Å². The Morgan fingerprint density at radius 1 is 1.04 bits per heavy atom. The first-order valence-corrected chi connectivity index (χ1v) is 9.94. The number of anilines is 1. The topological polar surface area (TPSA) is 16.1 Å². The van der Waals surface area contributed by atoms with Crippen LogP contribution in [0.4, 0.5) is 5.00 Å². The van der Waals surface area contributed by atoms with E-state index in [1.165, 1.54) is 35.4 Å². The average Bonchev–Trinajstić information content (AvgIpc) is 3.13. The fourth-order valence-electron chi connectivity index (χ4n) is 3.68. The van der Waals surface area contributed by atoms with Gasteiger partial charge < -0.3 is 4.90 Å². The molecule has 0 N–H and O–H groups in total. The van der Waals surface area contributed by atoms with E-state index in [4.69, 9.17) is 11.6 Å². The summed E-state index contributed by atoms with van der Waals surface area (Å²) in [5.74, 6) is 0. The molecule has 4 heteroatoms. The van der Waals surface area contributed by atoms with E-state index >= 15 is 0 Å². The lowest BCUT2D eigenvalue weighted by atomic mass is 9.64. The van der Waals surface area contributed by atoms with E-state index in [2.05, 4.69) is 51.7 Å². The Morgan fingerprint density at radius 3 is 2.40 bits per heavy atom. The van der Waals surface area contributed by atoms with Gasteiger partial charge in [0.25, 0.3) is 0 Å². The van der Waals surface area contributed by atoms with Crippen LogP contribution in [0.15, 0.2) is 66.3 Å². The number of thiophene rings is 1. The molecule has 1 fully saturated rings. The molecule has 0 bridgehead atoms. The van der Waals surface area contributed by atoms with E-state index in [0.29, 0.717) is 0 Å². The van der Waals surface area contributed by atoms with E-state index in [9.17, 15) is 0 Å². The van der Waals surface area contributed by atoms with E-state index in [0.717, 1.165) is 18.1 Å². The fourth-order valence-corrected chi connectivity index (χ4v) is 4.54. The number of hydrogen-bond donors (Lipinski definition) is 0. The molecule has 4 rings (SSSR count). The van der Waals surface area contributed by atoms with Crippen molar-refractivity contribution < 1.29 is 0 Å². The van der Waals surface area contributed by atoms with Crippen LogP contribution in [-0.4, -0.2) is 11.5 Å². The minimum atomic E-state index is 0.238. The van der Waals surface area contributed by atoms with Crippen LogP contribution < -0.4 is 4.90 Å². The van der Waals surface area contributed by atoms with Gasteiger partial charge in [0.15, 0.2) is 0 Å². The normalized spacial score (nSPS) is 15.6. The van der Waals surface area contributed by atoms with Crippen LogP contribution in [0.1, 0.15) is 30.4 Å². The molecule has 2 aromatic heterocycles. The van der Waals surface area contributed by atoms with Gasteiger partial charge in [-0.2, -0.15) is 0 Å². The van der Waals surface area contributed by atoms with Crippen LogP contribution in [0.3, 0.4) is 0 Å². The minimum Gasteiger partial charge on any atom is -0.358 e. The van der Waals surface area contributed by atoms with Gasteiger partial charge in [0.05, 0.1) is 5.00 Å². The van der Waals surface area contributed by atoms with Gasteiger partial charge in [-0.3, -0.25) is 4.98 Å². The minimum absolute atomic E-state index is 0.238. The average molecular weight is 369 g/mol. The van der Waals surface area contributed by atoms with Gasteiger partial charge in [-0.15, -0.1) is 11.3 Å². The largest absolute Gasteiger partial charge is 0.358 e. The molecule has 3 aromatic rings. The SMILES string of the molecule is Clc1ccc(C2(CN(Cc3ccncc3)c3cccs3)CCC2)cc1. The van der Waals surface area contributed by atoms with Gasteiger partial charge in [-0.05, 0) is 65.7 Å². The van der Waals surface area contributed by atoms with E-state index in [1.807, 2.05) is 35.9 Å². The first kappa shape index (κ1) is 16.6. The maximum Gasteiger partial charge on any atom is 0.0911 e. The van der Waals surface area contributed by atoms with Crippen molar-refractivity contribution in [3.8, 4) is 0 Å². The molecule has 128 valence electrons. The Balaban J connectivity index is 1.62. The van der Waals surface area contributed by atoms with Crippen molar-refractivity contribution in [2.24, 2.45) is 0 Å². The summed E-state index contributed by atoms with van der Waals surface area (Å²) in [6.45, 7) is 1.95. The van der Waals surface area contributed by atoms with Crippen molar-refractivity contribution in [1.82, 2.24) is 4.98 Å². The van der Waals surface area contributed by atoms with E-state index in [1.54, 1.807) is 0 Å². The van der Waals surface area contributed by atoms with Crippen LogP contribution in [0.25, 0.3) is 0 Å². The molecular weight excluding hydrogens is 348 g/mol. The predicted molar refractivity (Wildman–Crippen MR) is 107 cm³/mol. The third-order valence-electron chi connectivity index (χ3n) is 5.20. The lowest BCUT2D eigenvalue weighted by molar-refractivity contribution is 0.247. The Morgan fingerprint density at radius 2 is 1.80 bits per heavy atom. The molecule has 0 unspecified atom stereocenters. The number of aromatic nitrogens is 1. The third kappa shape index (κ3) is 3.58. The van der Waals surface area contributed by atoms with Crippen molar-refractivity contribution in [1.29, 1.82) is 0 Å². The number of pyridine rings is 1. The highest BCUT2D eigenvalue weighted by Gasteiger charge is 2.40. The van der Waals surface area contributed by atoms with Crippen LogP contribution in [0.2, 0.25) is 5.02 Å². The van der Waals surface area contributed by atoms with Gasteiger partial charge in [0, 0.05) is 35.9 Å². The van der Waals surface area contributed by atoms with Gasteiger partial charge >= 0.3 is 0 Å². The number of hydrogen-bond acceptors (Lipinski definition) is 3. The quantitative estimate of drug-likeness (QED) is 0.536. The zero-order valence-electron chi connectivity index (χ0n) is 14.1. The van der Waals surface area contributed by atoms with Crippen LogP contribution in [-0.2, 0) is 12.0 Å². The highest BCUT2D eigenvalue weighted by atomic mass is 35.5. The summed E-state index contributed by atoms with van der Waals surface area (Å²) in [5.41, 5.74) is 2.95. The van der Waals surface area contributed by atoms with Crippen molar-refractivity contribution in [2.45, 2.75) is 31.2 Å². The molecule has 0 aliphatic heterocycles. The monoisotopic (exact) mass is 368 g/mol. The first-order valence-electron chi connectivity index (χ1n) is 8.69. The second-order valence-electron chi connectivity index (χ2n) is 6.80. The van der Waals surface area contributed by atoms with E-state index in [-0.39, 0.29) is 5.41 Å². The summed E-state index contributed by atoms with van der Waals surface area (Å²) in [7, 11) is 0. The summed E-state index contributed by atoms with van der Waals surface area (Å²) in [4.78, 5) is 6.67. The Bertz CT molecular complexity index is 796. The maximum atomic E-state index is 6.10. The lowest BCUT2D eigenvalue weighted by Crippen LogP contribution is -2.45. The van der Waals surface area contributed by atoms with Gasteiger partial charge in [0.2, 0.25) is 0 Å².